The maximum atomic E-state index is 13.0. The molecular formula is C19H13F3N2O5S. The van der Waals surface area contributed by atoms with E-state index in [9.17, 15) is 32.3 Å². The van der Waals surface area contributed by atoms with Crippen LogP contribution in [-0.2, 0) is 22.4 Å². The van der Waals surface area contributed by atoms with E-state index in [1.165, 1.54) is 29.6 Å². The Bertz CT molecular complexity index is 1080. The number of hydrogen-bond acceptors (Lipinski definition) is 6. The number of alkyl halides is 3. The van der Waals surface area contributed by atoms with Crippen LogP contribution in [0.1, 0.15) is 44.0 Å². The first-order chi connectivity index (χ1) is 14.2. The lowest BCUT2D eigenvalue weighted by atomic mass is 10.0. The van der Waals surface area contributed by atoms with Crippen molar-refractivity contribution in [2.75, 3.05) is 0 Å². The van der Waals surface area contributed by atoms with Crippen molar-refractivity contribution in [2.45, 2.75) is 31.7 Å². The molecule has 1 atom stereocenters. The average molecular weight is 438 g/mol. The Morgan fingerprint density at radius 1 is 1.10 bits per heavy atom. The SMILES string of the molecule is O=C1CCC(N2C(=O)c3ccc(OCc4ccsc4C(F)(F)F)cc3C2=O)C(=O)N1. The normalized spacial score (nSPS) is 19.2. The van der Waals surface area contributed by atoms with Crippen molar-refractivity contribution in [1.29, 1.82) is 0 Å². The van der Waals surface area contributed by atoms with Crippen LogP contribution in [0.4, 0.5) is 13.2 Å². The number of ether oxygens (including phenoxy) is 1. The number of piperidine rings is 1. The van der Waals surface area contributed by atoms with Crippen molar-refractivity contribution >= 4 is 35.0 Å². The minimum absolute atomic E-state index is 0.000350. The van der Waals surface area contributed by atoms with Crippen LogP contribution in [0.15, 0.2) is 29.6 Å². The van der Waals surface area contributed by atoms with E-state index in [2.05, 4.69) is 5.32 Å². The molecule has 0 radical (unpaired) electrons. The Morgan fingerprint density at radius 2 is 1.83 bits per heavy atom. The molecular weight excluding hydrogens is 425 g/mol. The van der Waals surface area contributed by atoms with E-state index in [0.717, 1.165) is 4.90 Å². The van der Waals surface area contributed by atoms with E-state index >= 15 is 0 Å². The summed E-state index contributed by atoms with van der Waals surface area (Å²) in [4.78, 5) is 48.8. The predicted octanol–water partition coefficient (Wildman–Crippen LogP) is 2.75. The number of nitrogens with zero attached hydrogens (tertiary/aromatic N) is 1. The highest BCUT2D eigenvalue weighted by atomic mass is 32.1. The molecule has 2 aromatic rings. The van der Waals surface area contributed by atoms with Gasteiger partial charge < -0.3 is 4.74 Å². The number of thiophene rings is 1. The van der Waals surface area contributed by atoms with Gasteiger partial charge in [0.2, 0.25) is 11.8 Å². The van der Waals surface area contributed by atoms with Gasteiger partial charge in [-0.15, -0.1) is 11.3 Å². The summed E-state index contributed by atoms with van der Waals surface area (Å²) in [6.45, 7) is -0.365. The van der Waals surface area contributed by atoms with Gasteiger partial charge >= 0.3 is 6.18 Å². The van der Waals surface area contributed by atoms with Crippen molar-refractivity contribution in [2.24, 2.45) is 0 Å². The molecule has 30 heavy (non-hydrogen) atoms. The lowest BCUT2D eigenvalue weighted by Gasteiger charge is -2.27. The molecule has 0 aliphatic carbocycles. The fourth-order valence-electron chi connectivity index (χ4n) is 3.40. The molecule has 1 aromatic heterocycles. The molecule has 156 valence electrons. The highest BCUT2D eigenvalue weighted by Gasteiger charge is 2.44. The molecule has 2 aliphatic rings. The van der Waals surface area contributed by atoms with Crippen LogP contribution < -0.4 is 10.1 Å². The Morgan fingerprint density at radius 3 is 2.53 bits per heavy atom. The van der Waals surface area contributed by atoms with E-state index in [0.29, 0.717) is 11.3 Å². The van der Waals surface area contributed by atoms with Gasteiger partial charge in [-0.25, -0.2) is 0 Å². The van der Waals surface area contributed by atoms with Crippen molar-refractivity contribution in [3.05, 3.63) is 51.2 Å². The zero-order chi connectivity index (χ0) is 21.6. The van der Waals surface area contributed by atoms with Crippen LogP contribution in [-0.4, -0.2) is 34.6 Å². The number of imide groups is 2. The Hall–Kier alpha value is -3.21. The van der Waals surface area contributed by atoms with Gasteiger partial charge in [0.1, 0.15) is 23.3 Å². The molecule has 4 amide bonds. The first kappa shape index (κ1) is 20.1. The third-order valence-electron chi connectivity index (χ3n) is 4.81. The van der Waals surface area contributed by atoms with E-state index in [4.69, 9.17) is 4.74 Å². The zero-order valence-corrected chi connectivity index (χ0v) is 15.9. The van der Waals surface area contributed by atoms with Gasteiger partial charge in [0.25, 0.3) is 11.8 Å². The number of halogens is 3. The Labute approximate surface area is 171 Å². The summed E-state index contributed by atoms with van der Waals surface area (Å²) < 4.78 is 44.3. The van der Waals surface area contributed by atoms with Gasteiger partial charge in [0.15, 0.2) is 0 Å². The molecule has 1 N–H and O–H groups in total. The smallest absolute Gasteiger partial charge is 0.425 e. The van der Waals surface area contributed by atoms with Crippen LogP contribution in [0.25, 0.3) is 0 Å². The summed E-state index contributed by atoms with van der Waals surface area (Å²) >= 11 is 0.557. The van der Waals surface area contributed by atoms with Gasteiger partial charge in [0.05, 0.1) is 11.1 Å². The molecule has 2 aliphatic heterocycles. The average Bonchev–Trinajstić information content (AvgIpc) is 3.25. The largest absolute Gasteiger partial charge is 0.489 e. The molecule has 1 unspecified atom stereocenters. The number of benzene rings is 1. The van der Waals surface area contributed by atoms with Crippen LogP contribution in [0.3, 0.4) is 0 Å². The van der Waals surface area contributed by atoms with Gasteiger partial charge in [0, 0.05) is 12.0 Å². The van der Waals surface area contributed by atoms with Crippen LogP contribution in [0, 0.1) is 0 Å². The first-order valence-corrected chi connectivity index (χ1v) is 9.67. The number of fused-ring (bicyclic) bond motifs is 1. The van der Waals surface area contributed by atoms with E-state index < -0.39 is 40.7 Å². The molecule has 7 nitrogen and oxygen atoms in total. The zero-order valence-electron chi connectivity index (χ0n) is 15.1. The molecule has 4 rings (SSSR count). The van der Waals surface area contributed by atoms with Crippen LogP contribution in [0.2, 0.25) is 0 Å². The second kappa shape index (κ2) is 7.24. The molecule has 11 heteroatoms. The quantitative estimate of drug-likeness (QED) is 0.742. The minimum atomic E-state index is -4.49. The van der Waals surface area contributed by atoms with Crippen LogP contribution in [0.5, 0.6) is 5.75 Å². The summed E-state index contributed by atoms with van der Waals surface area (Å²) in [5.74, 6) is -2.49. The summed E-state index contributed by atoms with van der Waals surface area (Å²) in [6, 6.07) is 4.17. The van der Waals surface area contributed by atoms with Gasteiger partial charge in [-0.2, -0.15) is 13.2 Å². The number of rotatable bonds is 4. The first-order valence-electron chi connectivity index (χ1n) is 8.79. The third kappa shape index (κ3) is 3.45. The lowest BCUT2D eigenvalue weighted by molar-refractivity contribution is -0.137. The number of nitrogens with one attached hydrogen (secondary N) is 1. The molecule has 0 bridgehead atoms. The second-order valence-corrected chi connectivity index (χ2v) is 7.63. The standard InChI is InChI=1S/C19H13F3N2O5S/c20-19(21,22)15-9(5-6-30-15)8-29-10-1-2-11-12(7-10)18(28)24(17(11)27)13-3-4-14(25)23-16(13)26/h1-2,5-7,13H,3-4,8H2,(H,23,25,26). The molecule has 1 saturated heterocycles. The topological polar surface area (TPSA) is 92.8 Å². The number of hydrogen-bond donors (Lipinski definition) is 1. The number of carbonyl (C=O) groups excluding carboxylic acids is 4. The summed E-state index contributed by atoms with van der Waals surface area (Å²) in [6.07, 6.45) is -4.46. The summed E-state index contributed by atoms with van der Waals surface area (Å²) in [5, 5.41) is 3.41. The minimum Gasteiger partial charge on any atom is -0.489 e. The summed E-state index contributed by atoms with van der Waals surface area (Å²) in [5.41, 5.74) is 0.00713. The van der Waals surface area contributed by atoms with Crippen molar-refractivity contribution < 1.29 is 37.1 Å². The third-order valence-corrected chi connectivity index (χ3v) is 5.81. The van der Waals surface area contributed by atoms with E-state index in [-0.39, 0.29) is 41.9 Å². The van der Waals surface area contributed by atoms with Crippen molar-refractivity contribution in [1.82, 2.24) is 10.2 Å². The van der Waals surface area contributed by atoms with Gasteiger partial charge in [-0.05, 0) is 36.1 Å². The fourth-order valence-corrected chi connectivity index (χ4v) is 4.18. The molecule has 1 aromatic carbocycles. The fraction of sp³-hybridized carbons (Fsp3) is 0.263. The second-order valence-electron chi connectivity index (χ2n) is 6.72. The van der Waals surface area contributed by atoms with Crippen LogP contribution >= 0.6 is 11.3 Å². The monoisotopic (exact) mass is 438 g/mol. The highest BCUT2D eigenvalue weighted by molar-refractivity contribution is 7.10. The Kier molecular flexibility index (Phi) is 4.85. The molecule has 0 spiro atoms. The number of amides is 4. The Balaban J connectivity index is 1.53. The highest BCUT2D eigenvalue weighted by Crippen LogP contribution is 2.37. The maximum absolute atomic E-state index is 13.0. The molecule has 1 fully saturated rings. The maximum Gasteiger partial charge on any atom is 0.425 e. The molecule has 0 saturated carbocycles. The van der Waals surface area contributed by atoms with Gasteiger partial charge in [-0.1, -0.05) is 0 Å². The molecule has 3 heterocycles. The van der Waals surface area contributed by atoms with E-state index in [1.54, 1.807) is 0 Å². The van der Waals surface area contributed by atoms with Crippen molar-refractivity contribution in [3.8, 4) is 5.75 Å². The predicted molar refractivity (Wildman–Crippen MR) is 96.8 cm³/mol. The summed E-state index contributed by atoms with van der Waals surface area (Å²) in [7, 11) is 0. The lowest BCUT2D eigenvalue weighted by Crippen LogP contribution is -2.54. The van der Waals surface area contributed by atoms with E-state index in [1.807, 2.05) is 0 Å². The van der Waals surface area contributed by atoms with Gasteiger partial charge in [-0.3, -0.25) is 29.4 Å². The number of carbonyl (C=O) groups is 4. The van der Waals surface area contributed by atoms with Crippen molar-refractivity contribution in [3.63, 3.8) is 0 Å².